The molecule has 0 radical (unpaired) electrons. The average molecular weight is 380 g/mol. The Labute approximate surface area is 152 Å². The summed E-state index contributed by atoms with van der Waals surface area (Å²) < 4.78 is 44.9. The van der Waals surface area contributed by atoms with Crippen LogP contribution in [0.15, 0.2) is 41.3 Å². The number of benzene rings is 2. The van der Waals surface area contributed by atoms with Crippen molar-refractivity contribution in [1.82, 2.24) is 0 Å². The molecule has 0 aliphatic carbocycles. The molecule has 140 valence electrons. The first kappa shape index (κ1) is 18.7. The lowest BCUT2D eigenvalue weighted by Crippen LogP contribution is -2.38. The van der Waals surface area contributed by atoms with Crippen LogP contribution < -0.4 is 4.74 Å². The zero-order valence-electron chi connectivity index (χ0n) is 14.7. The molecule has 0 spiro atoms. The van der Waals surface area contributed by atoms with Crippen molar-refractivity contribution in [2.75, 3.05) is 12.9 Å². The average Bonchev–Trinajstić information content (AvgIpc) is 2.60. The van der Waals surface area contributed by atoms with Gasteiger partial charge in [-0.05, 0) is 35.4 Å². The minimum atomic E-state index is -3.74. The van der Waals surface area contributed by atoms with Crippen molar-refractivity contribution in [2.45, 2.75) is 30.8 Å². The van der Waals surface area contributed by atoms with Gasteiger partial charge in [-0.2, -0.15) is 0 Å². The molecule has 0 unspecified atom stereocenters. The molecular weight excluding hydrogens is 359 g/mol. The summed E-state index contributed by atoms with van der Waals surface area (Å²) in [5.74, 6) is -1.76. The lowest BCUT2D eigenvalue weighted by atomic mass is 9.75. The molecule has 2 atom stereocenters. The van der Waals surface area contributed by atoms with Gasteiger partial charge in [-0.3, -0.25) is 0 Å². The molecule has 1 aliphatic heterocycles. The quantitative estimate of drug-likeness (QED) is 0.837. The fourth-order valence-electron chi connectivity index (χ4n) is 3.56. The largest absolute Gasteiger partial charge is 0.508 e. The molecule has 2 aromatic carbocycles. The summed E-state index contributed by atoms with van der Waals surface area (Å²) in [7, 11) is -2.39. The van der Waals surface area contributed by atoms with E-state index in [0.717, 1.165) is 0 Å². The van der Waals surface area contributed by atoms with E-state index in [9.17, 15) is 23.0 Å². The van der Waals surface area contributed by atoms with Crippen molar-refractivity contribution in [3.05, 3.63) is 53.3 Å². The van der Waals surface area contributed by atoms with Crippen molar-refractivity contribution >= 4 is 9.84 Å². The fraction of sp³-hybridized carbons (Fsp3) is 0.368. The minimum absolute atomic E-state index is 0.0386. The monoisotopic (exact) mass is 380 g/mol. The first-order chi connectivity index (χ1) is 12.1. The molecule has 1 heterocycles. The maximum absolute atomic E-state index is 14.3. The highest BCUT2D eigenvalue weighted by molar-refractivity contribution is 7.91. The Morgan fingerprint density at radius 3 is 2.50 bits per heavy atom. The van der Waals surface area contributed by atoms with Crippen LogP contribution in [0.4, 0.5) is 4.39 Å². The molecule has 0 saturated heterocycles. The van der Waals surface area contributed by atoms with Gasteiger partial charge in [0.2, 0.25) is 0 Å². The Balaban J connectivity index is 2.29. The van der Waals surface area contributed by atoms with Gasteiger partial charge in [-0.1, -0.05) is 26.0 Å². The Morgan fingerprint density at radius 1 is 1.19 bits per heavy atom. The Kier molecular flexibility index (Phi) is 4.48. The van der Waals surface area contributed by atoms with E-state index >= 15 is 0 Å². The molecule has 0 fully saturated rings. The van der Waals surface area contributed by atoms with Gasteiger partial charge in [-0.25, -0.2) is 12.8 Å². The summed E-state index contributed by atoms with van der Waals surface area (Å²) >= 11 is 0. The Bertz CT molecular complexity index is 952. The van der Waals surface area contributed by atoms with Crippen molar-refractivity contribution in [2.24, 2.45) is 5.41 Å². The van der Waals surface area contributed by atoms with Gasteiger partial charge in [-0.15, -0.1) is 0 Å². The number of aliphatic hydroxyl groups excluding tert-OH is 1. The van der Waals surface area contributed by atoms with Crippen LogP contribution in [0, 0.1) is 11.2 Å². The predicted molar refractivity (Wildman–Crippen MR) is 94.7 cm³/mol. The van der Waals surface area contributed by atoms with Crippen molar-refractivity contribution in [1.29, 1.82) is 0 Å². The van der Waals surface area contributed by atoms with Gasteiger partial charge < -0.3 is 14.9 Å². The third-order valence-electron chi connectivity index (χ3n) is 4.88. The summed E-state index contributed by atoms with van der Waals surface area (Å²) in [6, 6.07) is 8.33. The maximum atomic E-state index is 14.3. The highest BCUT2D eigenvalue weighted by atomic mass is 32.2. The van der Waals surface area contributed by atoms with E-state index in [1.165, 1.54) is 37.4 Å². The second-order valence-corrected chi connectivity index (χ2v) is 9.24. The van der Waals surface area contributed by atoms with E-state index in [-0.39, 0.29) is 22.1 Å². The lowest BCUT2D eigenvalue weighted by molar-refractivity contribution is 0.0520. The van der Waals surface area contributed by atoms with Crippen LogP contribution in [0.5, 0.6) is 11.5 Å². The van der Waals surface area contributed by atoms with Gasteiger partial charge in [0.05, 0.1) is 23.9 Å². The first-order valence-electron chi connectivity index (χ1n) is 8.14. The van der Waals surface area contributed by atoms with E-state index in [4.69, 9.17) is 4.74 Å². The van der Waals surface area contributed by atoms with Crippen molar-refractivity contribution < 1.29 is 27.8 Å². The molecule has 2 N–H and O–H groups in total. The smallest absolute Gasteiger partial charge is 0.179 e. The second kappa shape index (κ2) is 6.25. The maximum Gasteiger partial charge on any atom is 0.179 e. The summed E-state index contributed by atoms with van der Waals surface area (Å²) in [5, 5.41) is 20.8. The van der Waals surface area contributed by atoms with Gasteiger partial charge in [0.1, 0.15) is 5.75 Å². The van der Waals surface area contributed by atoms with E-state index < -0.39 is 33.1 Å². The van der Waals surface area contributed by atoms with Gasteiger partial charge >= 0.3 is 0 Å². The van der Waals surface area contributed by atoms with Crippen LogP contribution in [-0.2, 0) is 9.84 Å². The van der Waals surface area contributed by atoms with Gasteiger partial charge in [0, 0.05) is 11.3 Å². The van der Waals surface area contributed by atoms with Crippen LogP contribution in [0.1, 0.15) is 30.9 Å². The summed E-state index contributed by atoms with van der Waals surface area (Å²) in [5.41, 5.74) is -0.201. The van der Waals surface area contributed by atoms with Crippen LogP contribution in [0.2, 0.25) is 0 Å². The number of halogens is 1. The summed E-state index contributed by atoms with van der Waals surface area (Å²) in [6.07, 6.45) is -1.07. The molecule has 0 bridgehead atoms. The Morgan fingerprint density at radius 2 is 1.88 bits per heavy atom. The molecular formula is C19H21FO5S. The number of ether oxygens (including phenoxy) is 1. The number of methoxy groups -OCH3 is 1. The molecule has 0 amide bonds. The molecule has 2 aromatic rings. The lowest BCUT2D eigenvalue weighted by Gasteiger charge is -2.33. The molecule has 0 saturated carbocycles. The van der Waals surface area contributed by atoms with Crippen molar-refractivity contribution in [3.8, 4) is 11.5 Å². The molecule has 5 nitrogen and oxygen atoms in total. The highest BCUT2D eigenvalue weighted by Gasteiger charge is 2.45. The molecule has 26 heavy (non-hydrogen) atoms. The number of hydrogen-bond donors (Lipinski definition) is 2. The van der Waals surface area contributed by atoms with Crippen LogP contribution in [0.25, 0.3) is 0 Å². The molecule has 7 heteroatoms. The molecule has 3 rings (SSSR count). The molecule has 1 aliphatic rings. The summed E-state index contributed by atoms with van der Waals surface area (Å²) in [6.45, 7) is 3.32. The fourth-order valence-corrected chi connectivity index (χ4v) is 5.72. The Hall–Kier alpha value is -2.12. The zero-order valence-corrected chi connectivity index (χ0v) is 15.5. The van der Waals surface area contributed by atoms with E-state index in [1.807, 2.05) is 0 Å². The number of phenolic OH excluding ortho intramolecular Hbond substituents is 1. The van der Waals surface area contributed by atoms with E-state index in [0.29, 0.717) is 11.1 Å². The number of hydrogen-bond acceptors (Lipinski definition) is 5. The standard InChI is InChI=1S/C19H21FO5S/c1-19(2)10-26(23,24)16-9-12(21)5-6-13(16)17(18(19)22)11-4-7-15(25-3)14(20)8-11/h4-9,17-18,21-22H,10H2,1-3H3/t17-,18-/m1/s1. The SMILES string of the molecule is COc1ccc([C@@H]2c3ccc(O)cc3S(=O)(=O)CC(C)(C)[C@@H]2O)cc1F. The van der Waals surface area contributed by atoms with Gasteiger partial charge in [0.25, 0.3) is 0 Å². The third kappa shape index (κ3) is 3.05. The van der Waals surface area contributed by atoms with Gasteiger partial charge in [0.15, 0.2) is 21.4 Å². The number of sulfone groups is 1. The summed E-state index contributed by atoms with van der Waals surface area (Å²) in [4.78, 5) is -0.0386. The van der Waals surface area contributed by atoms with E-state index in [2.05, 4.69) is 0 Å². The highest BCUT2D eigenvalue weighted by Crippen LogP contribution is 2.45. The number of aliphatic hydroxyl groups is 1. The number of fused-ring (bicyclic) bond motifs is 1. The number of rotatable bonds is 2. The topological polar surface area (TPSA) is 83.8 Å². The third-order valence-corrected chi connectivity index (χ3v) is 7.03. The van der Waals surface area contributed by atoms with Crippen molar-refractivity contribution in [3.63, 3.8) is 0 Å². The van der Waals surface area contributed by atoms with Crippen LogP contribution >= 0.6 is 0 Å². The first-order valence-corrected chi connectivity index (χ1v) is 9.79. The normalized spacial score (nSPS) is 23.7. The minimum Gasteiger partial charge on any atom is -0.508 e. The van der Waals surface area contributed by atoms with Crippen LogP contribution in [0.3, 0.4) is 0 Å². The second-order valence-electron chi connectivity index (χ2n) is 7.29. The zero-order chi connectivity index (χ0) is 19.3. The number of aromatic hydroxyl groups is 1. The molecule has 0 aromatic heterocycles. The number of phenols is 1. The predicted octanol–water partition coefficient (Wildman–Crippen LogP) is 2.85. The van der Waals surface area contributed by atoms with E-state index in [1.54, 1.807) is 19.9 Å². The van der Waals surface area contributed by atoms with Crippen LogP contribution in [-0.4, -0.2) is 37.6 Å².